The Morgan fingerprint density at radius 3 is 1.23 bits per heavy atom. The molecule has 1 aliphatic carbocycles. The van der Waals surface area contributed by atoms with Crippen molar-refractivity contribution in [2.45, 2.75) is 0 Å². The van der Waals surface area contributed by atoms with E-state index in [1.165, 1.54) is 169 Å². The number of hydrogen-bond acceptors (Lipinski definition) is 5. The van der Waals surface area contributed by atoms with E-state index in [-0.39, 0.29) is 0 Å². The first-order chi connectivity index (χ1) is 67.9. The molecule has 7 heterocycles. The largest absolute Gasteiger partial charge is 0.456 e. The summed E-state index contributed by atoms with van der Waals surface area (Å²) in [6.07, 6.45) is 0. The van der Waals surface area contributed by atoms with Crippen LogP contribution in [0.2, 0.25) is 0 Å². The van der Waals surface area contributed by atoms with Crippen molar-refractivity contribution < 1.29 is 4.42 Å². The average Bonchev–Trinajstić information content (AvgIpc) is 1.63. The second-order valence-electron chi connectivity index (χ2n) is 36.6. The molecular weight excluding hydrogens is 1670 g/mol. The van der Waals surface area contributed by atoms with Crippen LogP contribution in [0, 0.1) is 0 Å². The van der Waals surface area contributed by atoms with Crippen molar-refractivity contribution in [1.82, 2.24) is 38.2 Å². The number of fused-ring (bicyclic) bond motifs is 28. The highest BCUT2D eigenvalue weighted by Crippen LogP contribution is 2.52. The smallest absolute Gasteiger partial charge is 0.161 e. The van der Waals surface area contributed by atoms with Crippen molar-refractivity contribution in [2.24, 2.45) is 0 Å². The summed E-state index contributed by atoms with van der Waals surface area (Å²) in [5.74, 6) is 1.39. The van der Waals surface area contributed by atoms with Gasteiger partial charge in [0.25, 0.3) is 0 Å². The molecule has 0 spiro atoms. The van der Waals surface area contributed by atoms with Gasteiger partial charge in [-0.05, 0) is 238 Å². The highest BCUT2D eigenvalue weighted by molar-refractivity contribution is 6.25. The van der Waals surface area contributed by atoms with Crippen LogP contribution in [-0.2, 0) is 0 Å². The molecule has 632 valence electrons. The number of furan rings is 1. The third-order valence-electron chi connectivity index (χ3n) is 29.3. The number of hydrogen-bond donors (Lipinski definition) is 0. The summed E-state index contributed by atoms with van der Waals surface area (Å²) in [5, 5.41) is 31.1. The quantitative estimate of drug-likeness (QED) is 0.151. The van der Waals surface area contributed by atoms with E-state index in [1.807, 2.05) is 24.3 Å². The predicted molar refractivity (Wildman–Crippen MR) is 572 cm³/mol. The van der Waals surface area contributed by atoms with Gasteiger partial charge in [-0.15, -0.1) is 0 Å². The third-order valence-corrected chi connectivity index (χ3v) is 29.3. The topological polar surface area (TPSA) is 84.4 Å². The van der Waals surface area contributed by atoms with Gasteiger partial charge in [0.15, 0.2) is 11.6 Å². The summed E-state index contributed by atoms with van der Waals surface area (Å²) in [6, 6.07) is 163. The van der Waals surface area contributed by atoms with Gasteiger partial charge in [-0.3, -0.25) is 0 Å². The predicted octanol–water partition coefficient (Wildman–Crippen LogP) is 33.9. The minimum absolute atomic E-state index is 0.665. The molecule has 0 atom stereocenters. The van der Waals surface area contributed by atoms with Crippen LogP contribution in [0.15, 0.2) is 453 Å². The molecule has 31 rings (SSSR count). The molecule has 9 nitrogen and oxygen atoms in total. The van der Waals surface area contributed by atoms with Crippen molar-refractivity contribution in [3.05, 3.63) is 449 Å². The summed E-state index contributed by atoms with van der Waals surface area (Å²) in [7, 11) is 0. The van der Waals surface area contributed by atoms with Crippen LogP contribution in [0.5, 0.6) is 0 Å². The molecule has 0 N–H and O–H groups in total. The van der Waals surface area contributed by atoms with E-state index in [2.05, 4.69) is 443 Å². The van der Waals surface area contributed by atoms with Gasteiger partial charge in [0, 0.05) is 109 Å². The average molecular weight is 1740 g/mol. The minimum atomic E-state index is 0.665. The Morgan fingerprint density at radius 2 is 0.591 bits per heavy atom. The minimum Gasteiger partial charge on any atom is -0.456 e. The van der Waals surface area contributed by atoms with Crippen LogP contribution in [-0.4, -0.2) is 38.2 Å². The van der Waals surface area contributed by atoms with Crippen LogP contribution in [0.1, 0.15) is 0 Å². The number of rotatable bonds is 8. The molecule has 0 saturated heterocycles. The molecule has 9 heteroatoms. The van der Waals surface area contributed by atoms with Gasteiger partial charge in [0.1, 0.15) is 11.2 Å². The fourth-order valence-corrected chi connectivity index (χ4v) is 23.2. The van der Waals surface area contributed by atoms with Gasteiger partial charge in [0.05, 0.1) is 72.2 Å². The molecule has 137 heavy (non-hydrogen) atoms. The normalized spacial score (nSPS) is 12.2. The van der Waals surface area contributed by atoms with Gasteiger partial charge in [-0.25, -0.2) is 19.9 Å². The maximum absolute atomic E-state index is 6.28. The van der Waals surface area contributed by atoms with Gasteiger partial charge in [-0.2, -0.15) is 0 Å². The molecular formula is C128H74N8O. The Balaban J connectivity index is 0.000000130. The van der Waals surface area contributed by atoms with Crippen LogP contribution in [0.25, 0.3) is 297 Å². The molecule has 7 aromatic heterocycles. The lowest BCUT2D eigenvalue weighted by Crippen LogP contribution is -1.99. The number of benzene rings is 23. The van der Waals surface area contributed by atoms with Crippen molar-refractivity contribution in [3.63, 3.8) is 0 Å². The van der Waals surface area contributed by atoms with Crippen LogP contribution in [0.4, 0.5) is 0 Å². The van der Waals surface area contributed by atoms with Gasteiger partial charge < -0.3 is 22.7 Å². The Morgan fingerprint density at radius 1 is 0.168 bits per heavy atom. The second-order valence-corrected chi connectivity index (χ2v) is 36.6. The Hall–Kier alpha value is -18.4. The molecule has 0 amide bonds. The number of nitrogens with zero attached hydrogens (tertiary/aromatic N) is 8. The fraction of sp³-hybridized carbons (Fsp3) is 0. The molecule has 0 unspecified atom stereocenters. The molecule has 30 aromatic rings. The zero-order chi connectivity index (χ0) is 89.3. The molecule has 0 aliphatic heterocycles. The molecule has 1 aliphatic rings. The lowest BCUT2D eigenvalue weighted by Gasteiger charge is -2.17. The first kappa shape index (κ1) is 75.3. The molecule has 0 fully saturated rings. The van der Waals surface area contributed by atoms with E-state index >= 15 is 0 Å². The van der Waals surface area contributed by atoms with E-state index in [0.29, 0.717) is 5.82 Å². The van der Waals surface area contributed by atoms with E-state index in [9.17, 15) is 0 Å². The number of aromatic nitrogens is 8. The summed E-state index contributed by atoms with van der Waals surface area (Å²) >= 11 is 0. The summed E-state index contributed by atoms with van der Waals surface area (Å²) in [6.45, 7) is 0. The highest BCUT2D eigenvalue weighted by Gasteiger charge is 2.28. The third kappa shape index (κ3) is 11.3. The first-order valence-corrected chi connectivity index (χ1v) is 46.9. The number of para-hydroxylation sites is 7. The monoisotopic (exact) mass is 1740 g/mol. The summed E-state index contributed by atoms with van der Waals surface area (Å²) < 4.78 is 16.0. The van der Waals surface area contributed by atoms with Crippen LogP contribution < -0.4 is 0 Å². The molecule has 0 saturated carbocycles. The Kier molecular flexibility index (Phi) is 15.9. The van der Waals surface area contributed by atoms with E-state index in [1.54, 1.807) is 0 Å². The fourth-order valence-electron chi connectivity index (χ4n) is 23.2. The maximum Gasteiger partial charge on any atom is 0.161 e. The van der Waals surface area contributed by atoms with E-state index in [4.69, 9.17) is 24.4 Å². The summed E-state index contributed by atoms with van der Waals surface area (Å²) in [4.78, 5) is 21.2. The second kappa shape index (κ2) is 29.0. The van der Waals surface area contributed by atoms with Crippen molar-refractivity contribution in [1.29, 1.82) is 0 Å². The Labute approximate surface area is 782 Å². The van der Waals surface area contributed by atoms with E-state index < -0.39 is 0 Å². The van der Waals surface area contributed by atoms with Crippen LogP contribution in [0.3, 0.4) is 0 Å². The van der Waals surface area contributed by atoms with Gasteiger partial charge in [-0.1, -0.05) is 303 Å². The maximum atomic E-state index is 6.28. The standard InChI is InChI=1S/C66H38N4.C62H36N4O/c1-2-15-43-39(14-1)29-34-61-64(43)55-22-9-12-27-59(55)69(61)42-30-28-40-38-62-56(37-41(40)36-42)48-20-8-11-26-58(48)70(62)60-35-33-52(46-18-5-6-19-47(46)60)65-54-21-7-10-25-57(54)67-66(68-65)53-32-31-51-45-17-4-3-16-44(45)49-23-13-24-50(53)63(49)51;1-2-12-46-38(11-1)26-30-56-60(46)51-16-5-9-19-55(51)65(56)44-28-24-39-35-57-52(34-43(39)33-44)47-13-4-8-18-54(47)66(57)45-27-23-37-21-22-40(31-42(37)32-45)61-50-15-3-7-17-53(50)63-62(64-61)41-25-29-49-48-14-6-10-20-58(48)67-59(49)36-41/h1-38H;1-36H. The molecule has 0 radical (unpaired) electrons. The van der Waals surface area contributed by atoms with Crippen molar-refractivity contribution >= 4 is 206 Å². The van der Waals surface area contributed by atoms with Crippen molar-refractivity contribution in [2.75, 3.05) is 0 Å². The SMILES string of the molecule is c1ccc2c(c1)-c1cccc3c(-c4nc(-c5ccc(-n6c7ccccc7c7cc8cc(-n9c%10ccccc%10c%10c%11ccccc%11ccc%109)ccc8cc76)c6ccccc56)c5ccccc5n4)ccc-2c13.c1ccc2c(c1)ccc1c2c2ccccc2n1-c1ccc2cc3c(cc2c1)c1ccccc1n3-c1ccc2ccc(-c3nc(-c4ccc5c(c4)oc4ccccc45)nc4ccccc34)cc2c1. The lowest BCUT2D eigenvalue weighted by atomic mass is 9.96. The highest BCUT2D eigenvalue weighted by atomic mass is 16.3. The lowest BCUT2D eigenvalue weighted by molar-refractivity contribution is 0.669. The zero-order valence-corrected chi connectivity index (χ0v) is 73.7. The van der Waals surface area contributed by atoms with Gasteiger partial charge >= 0.3 is 0 Å². The van der Waals surface area contributed by atoms with E-state index in [0.717, 1.165) is 122 Å². The van der Waals surface area contributed by atoms with Crippen LogP contribution >= 0.6 is 0 Å². The zero-order valence-electron chi connectivity index (χ0n) is 73.7. The van der Waals surface area contributed by atoms with Crippen molar-refractivity contribution in [3.8, 4) is 90.3 Å². The summed E-state index contributed by atoms with van der Waals surface area (Å²) in [5.41, 5.74) is 28.6. The molecule has 23 aromatic carbocycles. The van der Waals surface area contributed by atoms with Gasteiger partial charge in [0.2, 0.25) is 0 Å². The Bertz CT molecular complexity index is 10500. The first-order valence-electron chi connectivity index (χ1n) is 46.9. The molecule has 0 bridgehead atoms.